The van der Waals surface area contributed by atoms with Gasteiger partial charge in [0.25, 0.3) is 0 Å². The molecular formula is C24H21ClFNS. The second-order valence-electron chi connectivity index (χ2n) is 7.46. The SMILES string of the molecule is CC1CCc2c(sc3nc(-c4ccc(F)cc4)cc(-c4ccccc4)c23)C1.Cl. The minimum atomic E-state index is -0.219. The summed E-state index contributed by atoms with van der Waals surface area (Å²) in [5.74, 6) is 0.519. The highest BCUT2D eigenvalue weighted by Crippen LogP contribution is 2.43. The van der Waals surface area contributed by atoms with E-state index in [0.717, 1.165) is 34.8 Å². The molecule has 2 aromatic heterocycles. The molecule has 142 valence electrons. The molecule has 4 heteroatoms. The van der Waals surface area contributed by atoms with Gasteiger partial charge in [0.1, 0.15) is 10.6 Å². The summed E-state index contributed by atoms with van der Waals surface area (Å²) in [6.45, 7) is 2.34. The molecule has 2 aromatic carbocycles. The van der Waals surface area contributed by atoms with Crippen LogP contribution in [0.5, 0.6) is 0 Å². The van der Waals surface area contributed by atoms with Crippen molar-refractivity contribution in [1.29, 1.82) is 0 Å². The predicted octanol–water partition coefficient (Wildman–Crippen LogP) is 7.32. The maximum Gasteiger partial charge on any atom is 0.125 e. The minimum Gasteiger partial charge on any atom is -0.237 e. The highest BCUT2D eigenvalue weighted by Gasteiger charge is 2.23. The Balaban J connectivity index is 0.00000192. The van der Waals surface area contributed by atoms with E-state index in [4.69, 9.17) is 4.98 Å². The average Bonchev–Trinajstić information content (AvgIpc) is 3.05. The molecule has 2 heterocycles. The van der Waals surface area contributed by atoms with Crippen LogP contribution >= 0.6 is 23.7 Å². The van der Waals surface area contributed by atoms with Crippen LogP contribution < -0.4 is 0 Å². The lowest BCUT2D eigenvalue weighted by Crippen LogP contribution is -2.08. The molecule has 1 aliphatic rings. The third-order valence-electron chi connectivity index (χ3n) is 5.49. The standard InChI is InChI=1S/C24H20FNS.ClH/c1-15-7-12-19-22(13-15)27-24-23(19)20(16-5-3-2-4-6-16)14-21(26-24)17-8-10-18(25)11-9-17;/h2-6,8-11,14-15H,7,12-13H2,1H3;1H. The number of nitrogens with zero attached hydrogens (tertiary/aromatic N) is 1. The summed E-state index contributed by atoms with van der Waals surface area (Å²) in [6, 6.07) is 19.4. The lowest BCUT2D eigenvalue weighted by Gasteiger charge is -2.18. The van der Waals surface area contributed by atoms with Gasteiger partial charge in [-0.25, -0.2) is 9.37 Å². The van der Waals surface area contributed by atoms with Gasteiger partial charge < -0.3 is 0 Å². The number of hydrogen-bond acceptors (Lipinski definition) is 2. The Morgan fingerprint density at radius 2 is 1.75 bits per heavy atom. The van der Waals surface area contributed by atoms with Gasteiger partial charge in [-0.15, -0.1) is 23.7 Å². The van der Waals surface area contributed by atoms with Gasteiger partial charge in [0.15, 0.2) is 0 Å². The van der Waals surface area contributed by atoms with Crippen molar-refractivity contribution >= 4 is 34.0 Å². The van der Waals surface area contributed by atoms with Crippen LogP contribution in [-0.2, 0) is 12.8 Å². The molecule has 0 saturated carbocycles. The summed E-state index contributed by atoms with van der Waals surface area (Å²) >= 11 is 1.84. The van der Waals surface area contributed by atoms with Crippen LogP contribution in [0.1, 0.15) is 23.8 Å². The average molecular weight is 410 g/mol. The van der Waals surface area contributed by atoms with E-state index < -0.39 is 0 Å². The smallest absolute Gasteiger partial charge is 0.125 e. The van der Waals surface area contributed by atoms with Crippen molar-refractivity contribution in [2.45, 2.75) is 26.2 Å². The number of hydrogen-bond donors (Lipinski definition) is 0. The fourth-order valence-electron chi connectivity index (χ4n) is 4.06. The summed E-state index contributed by atoms with van der Waals surface area (Å²) in [6.07, 6.45) is 3.52. The van der Waals surface area contributed by atoms with Crippen LogP contribution in [0.2, 0.25) is 0 Å². The first-order valence-electron chi connectivity index (χ1n) is 9.45. The zero-order chi connectivity index (χ0) is 18.4. The van der Waals surface area contributed by atoms with Crippen LogP contribution in [0.4, 0.5) is 4.39 Å². The van der Waals surface area contributed by atoms with Gasteiger partial charge in [0.05, 0.1) is 5.69 Å². The summed E-state index contributed by atoms with van der Waals surface area (Å²) in [4.78, 5) is 7.58. The number of thiophene rings is 1. The van der Waals surface area contributed by atoms with E-state index >= 15 is 0 Å². The Hall–Kier alpha value is -2.23. The number of fused-ring (bicyclic) bond motifs is 3. The van der Waals surface area contributed by atoms with E-state index in [1.54, 1.807) is 0 Å². The van der Waals surface area contributed by atoms with Gasteiger partial charge in [-0.3, -0.25) is 0 Å². The van der Waals surface area contributed by atoms with Gasteiger partial charge >= 0.3 is 0 Å². The second kappa shape index (κ2) is 7.65. The largest absolute Gasteiger partial charge is 0.237 e. The molecule has 4 aromatic rings. The van der Waals surface area contributed by atoms with Crippen LogP contribution in [-0.4, -0.2) is 4.98 Å². The molecule has 0 radical (unpaired) electrons. The highest BCUT2D eigenvalue weighted by atomic mass is 35.5. The van der Waals surface area contributed by atoms with Crippen LogP contribution in [0.15, 0.2) is 60.7 Å². The van der Waals surface area contributed by atoms with Gasteiger partial charge in [-0.2, -0.15) is 0 Å². The molecule has 28 heavy (non-hydrogen) atoms. The number of aromatic nitrogens is 1. The Labute approximate surface area is 174 Å². The van der Waals surface area contributed by atoms with Gasteiger partial charge in [-0.05, 0) is 72.2 Å². The van der Waals surface area contributed by atoms with E-state index in [9.17, 15) is 4.39 Å². The second-order valence-corrected chi connectivity index (χ2v) is 8.54. The zero-order valence-electron chi connectivity index (χ0n) is 15.6. The van der Waals surface area contributed by atoms with Gasteiger partial charge in [0, 0.05) is 15.8 Å². The fourth-order valence-corrected chi connectivity index (χ4v) is 5.47. The van der Waals surface area contributed by atoms with Crippen LogP contribution in [0, 0.1) is 11.7 Å². The number of halogens is 2. The van der Waals surface area contributed by atoms with Crippen LogP contribution in [0.25, 0.3) is 32.6 Å². The van der Waals surface area contributed by atoms with Crippen molar-refractivity contribution < 1.29 is 4.39 Å². The van der Waals surface area contributed by atoms with Crippen molar-refractivity contribution in [3.63, 3.8) is 0 Å². The fraction of sp³-hybridized carbons (Fsp3) is 0.208. The lowest BCUT2D eigenvalue weighted by molar-refractivity contribution is 0.509. The topological polar surface area (TPSA) is 12.9 Å². The molecule has 0 spiro atoms. The quantitative estimate of drug-likeness (QED) is 0.338. The Morgan fingerprint density at radius 3 is 2.50 bits per heavy atom. The van der Waals surface area contributed by atoms with Gasteiger partial charge in [0.2, 0.25) is 0 Å². The molecular weight excluding hydrogens is 389 g/mol. The first kappa shape index (κ1) is 19.1. The van der Waals surface area contributed by atoms with Crippen molar-refractivity contribution in [3.8, 4) is 22.4 Å². The summed E-state index contributed by atoms with van der Waals surface area (Å²) < 4.78 is 13.4. The summed E-state index contributed by atoms with van der Waals surface area (Å²) in [5, 5.41) is 1.32. The van der Waals surface area contributed by atoms with E-state index in [1.807, 2.05) is 29.5 Å². The van der Waals surface area contributed by atoms with Crippen LogP contribution in [0.3, 0.4) is 0 Å². The molecule has 0 bridgehead atoms. The molecule has 1 nitrogen and oxygen atoms in total. The van der Waals surface area contributed by atoms with E-state index in [-0.39, 0.29) is 18.2 Å². The first-order valence-corrected chi connectivity index (χ1v) is 10.3. The Morgan fingerprint density at radius 1 is 1.00 bits per heavy atom. The first-order chi connectivity index (χ1) is 13.2. The Bertz CT molecular complexity index is 1120. The lowest BCUT2D eigenvalue weighted by atomic mass is 9.87. The van der Waals surface area contributed by atoms with Crippen molar-refractivity contribution in [1.82, 2.24) is 4.98 Å². The molecule has 0 amide bonds. The minimum absolute atomic E-state index is 0. The van der Waals surface area contributed by atoms with E-state index in [2.05, 4.69) is 37.3 Å². The molecule has 0 N–H and O–H groups in total. The van der Waals surface area contributed by atoms with E-state index in [1.165, 1.54) is 45.5 Å². The monoisotopic (exact) mass is 409 g/mol. The third-order valence-corrected chi connectivity index (χ3v) is 6.64. The normalized spacial score (nSPS) is 15.9. The van der Waals surface area contributed by atoms with Crippen molar-refractivity contribution in [2.24, 2.45) is 5.92 Å². The number of pyridine rings is 1. The van der Waals surface area contributed by atoms with Gasteiger partial charge in [-0.1, -0.05) is 37.3 Å². The molecule has 1 aliphatic carbocycles. The maximum atomic E-state index is 13.4. The number of benzene rings is 2. The van der Waals surface area contributed by atoms with Crippen molar-refractivity contribution in [2.75, 3.05) is 0 Å². The number of aryl methyl sites for hydroxylation is 1. The molecule has 0 saturated heterocycles. The van der Waals surface area contributed by atoms with Crippen molar-refractivity contribution in [3.05, 3.63) is 76.9 Å². The summed E-state index contributed by atoms with van der Waals surface area (Å²) in [5.41, 5.74) is 5.81. The third kappa shape index (κ3) is 3.34. The zero-order valence-corrected chi connectivity index (χ0v) is 17.2. The molecule has 0 fully saturated rings. The highest BCUT2D eigenvalue weighted by molar-refractivity contribution is 7.19. The summed E-state index contributed by atoms with van der Waals surface area (Å²) in [7, 11) is 0. The molecule has 1 atom stereocenters. The molecule has 0 aliphatic heterocycles. The van der Waals surface area contributed by atoms with E-state index in [0.29, 0.717) is 0 Å². The number of rotatable bonds is 2. The molecule has 5 rings (SSSR count). The predicted molar refractivity (Wildman–Crippen MR) is 119 cm³/mol. The maximum absolute atomic E-state index is 13.4. The molecule has 1 unspecified atom stereocenters. The Kier molecular flexibility index (Phi) is 5.22.